The minimum Gasteiger partial charge on any atom is -0.473 e. The van der Waals surface area contributed by atoms with Gasteiger partial charge in [0.1, 0.15) is 0 Å². The van der Waals surface area contributed by atoms with E-state index in [1.165, 1.54) is 0 Å². The summed E-state index contributed by atoms with van der Waals surface area (Å²) < 4.78 is 0. The van der Waals surface area contributed by atoms with Gasteiger partial charge < -0.3 is 15.9 Å². The molecule has 0 aliphatic rings. The Morgan fingerprint density at radius 3 is 1.50 bits per heavy atom. The zero-order chi connectivity index (χ0) is 8.57. The van der Waals surface area contributed by atoms with Gasteiger partial charge in [-0.1, -0.05) is 6.92 Å². The second-order valence-electron chi connectivity index (χ2n) is 1.40. The Morgan fingerprint density at radius 2 is 1.50 bits per heavy atom. The van der Waals surface area contributed by atoms with Crippen molar-refractivity contribution >= 4 is 11.9 Å². The van der Waals surface area contributed by atoms with E-state index in [1.54, 1.807) is 0 Å². The zero-order valence-electron chi connectivity index (χ0n) is 5.70. The standard InChI is InChI=1S/C3H9N.C2H2O4/c1-2-3-4;3-1(4)2(5)6/h2-4H2,1H3;(H,3,4)(H,5,6). The number of rotatable bonds is 1. The van der Waals surface area contributed by atoms with Crippen LogP contribution < -0.4 is 5.73 Å². The molecule has 5 nitrogen and oxygen atoms in total. The van der Waals surface area contributed by atoms with Crippen molar-refractivity contribution < 1.29 is 19.8 Å². The molecular weight excluding hydrogens is 138 g/mol. The number of carboxylic acid groups (broad SMARTS) is 2. The monoisotopic (exact) mass is 149 g/mol. The van der Waals surface area contributed by atoms with Crippen LogP contribution in [0.3, 0.4) is 0 Å². The van der Waals surface area contributed by atoms with Crippen molar-refractivity contribution in [1.29, 1.82) is 0 Å². The average molecular weight is 149 g/mol. The molecule has 0 aliphatic carbocycles. The first-order valence-corrected chi connectivity index (χ1v) is 2.72. The van der Waals surface area contributed by atoms with Gasteiger partial charge in [-0.2, -0.15) is 0 Å². The summed E-state index contributed by atoms with van der Waals surface area (Å²) >= 11 is 0. The van der Waals surface area contributed by atoms with E-state index in [9.17, 15) is 0 Å². The Balaban J connectivity index is 0. The first kappa shape index (κ1) is 11.7. The molecule has 0 aromatic carbocycles. The zero-order valence-corrected chi connectivity index (χ0v) is 5.70. The first-order valence-electron chi connectivity index (χ1n) is 2.72. The number of carbonyl (C=O) groups is 2. The summed E-state index contributed by atoms with van der Waals surface area (Å²) in [4.78, 5) is 18.2. The lowest BCUT2D eigenvalue weighted by Crippen LogP contribution is -2.09. The van der Waals surface area contributed by atoms with E-state index < -0.39 is 11.9 Å². The van der Waals surface area contributed by atoms with Crippen LogP contribution in [-0.2, 0) is 9.59 Å². The summed E-state index contributed by atoms with van der Waals surface area (Å²) in [6.45, 7) is 2.88. The van der Waals surface area contributed by atoms with Crippen molar-refractivity contribution in [3.05, 3.63) is 0 Å². The average Bonchev–Trinajstić information content (AvgIpc) is 1.89. The highest BCUT2D eigenvalue weighted by atomic mass is 16.4. The fraction of sp³-hybridized carbons (Fsp3) is 0.600. The normalized spacial score (nSPS) is 7.40. The Labute approximate surface area is 58.5 Å². The molecule has 0 saturated heterocycles. The third-order valence-electron chi connectivity index (χ3n) is 0.472. The van der Waals surface area contributed by atoms with Crippen LogP contribution in [0.15, 0.2) is 0 Å². The fourth-order valence-electron chi connectivity index (χ4n) is 0. The first-order chi connectivity index (χ1) is 4.56. The molecule has 0 spiro atoms. The van der Waals surface area contributed by atoms with Crippen LogP contribution in [0.5, 0.6) is 0 Å². The van der Waals surface area contributed by atoms with E-state index in [-0.39, 0.29) is 0 Å². The van der Waals surface area contributed by atoms with Crippen molar-refractivity contribution in [2.45, 2.75) is 13.3 Å². The third-order valence-corrected chi connectivity index (χ3v) is 0.472. The molecule has 0 amide bonds. The van der Waals surface area contributed by atoms with Crippen LogP contribution in [0, 0.1) is 0 Å². The summed E-state index contributed by atoms with van der Waals surface area (Å²) in [5, 5.41) is 14.8. The number of carboxylic acids is 2. The molecule has 0 heterocycles. The van der Waals surface area contributed by atoms with Gasteiger partial charge in [0.25, 0.3) is 0 Å². The maximum Gasteiger partial charge on any atom is 0.414 e. The van der Waals surface area contributed by atoms with Crippen LogP contribution in [0.4, 0.5) is 0 Å². The minimum atomic E-state index is -1.82. The van der Waals surface area contributed by atoms with Crippen LogP contribution in [0.1, 0.15) is 13.3 Å². The molecule has 0 aliphatic heterocycles. The highest BCUT2D eigenvalue weighted by Crippen LogP contribution is 1.57. The largest absolute Gasteiger partial charge is 0.473 e. The number of nitrogens with two attached hydrogens (primary N) is 1. The maximum absolute atomic E-state index is 9.10. The van der Waals surface area contributed by atoms with E-state index in [0.717, 1.165) is 13.0 Å². The quantitative estimate of drug-likeness (QED) is 0.437. The van der Waals surface area contributed by atoms with Crippen molar-refractivity contribution in [3.8, 4) is 0 Å². The SMILES string of the molecule is CCCN.O=C(O)C(=O)O. The molecule has 0 saturated carbocycles. The highest BCUT2D eigenvalue weighted by Gasteiger charge is 2.04. The fourth-order valence-corrected chi connectivity index (χ4v) is 0. The smallest absolute Gasteiger partial charge is 0.414 e. The Hall–Kier alpha value is -1.10. The molecule has 0 aromatic rings. The van der Waals surface area contributed by atoms with Gasteiger partial charge in [0.2, 0.25) is 0 Å². The molecule has 0 fully saturated rings. The van der Waals surface area contributed by atoms with E-state index >= 15 is 0 Å². The van der Waals surface area contributed by atoms with E-state index in [2.05, 4.69) is 6.92 Å². The molecule has 0 rings (SSSR count). The molecule has 0 unspecified atom stereocenters. The predicted octanol–water partition coefficient (Wildman–Crippen LogP) is -0.489. The minimum absolute atomic E-state index is 0.819. The van der Waals surface area contributed by atoms with Crippen molar-refractivity contribution in [2.24, 2.45) is 5.73 Å². The molecule has 0 radical (unpaired) electrons. The predicted molar refractivity (Wildman–Crippen MR) is 34.6 cm³/mol. The lowest BCUT2D eigenvalue weighted by molar-refractivity contribution is -0.159. The van der Waals surface area contributed by atoms with Gasteiger partial charge in [-0.15, -0.1) is 0 Å². The molecule has 0 atom stereocenters. The number of hydrogen-bond acceptors (Lipinski definition) is 3. The van der Waals surface area contributed by atoms with E-state index in [4.69, 9.17) is 25.5 Å². The van der Waals surface area contributed by atoms with Gasteiger partial charge in [0.05, 0.1) is 0 Å². The van der Waals surface area contributed by atoms with Crippen molar-refractivity contribution in [1.82, 2.24) is 0 Å². The lowest BCUT2D eigenvalue weighted by atomic mass is 10.5. The van der Waals surface area contributed by atoms with Gasteiger partial charge >= 0.3 is 11.9 Å². The lowest BCUT2D eigenvalue weighted by Gasteiger charge is -1.72. The molecule has 60 valence electrons. The molecule has 0 bridgehead atoms. The van der Waals surface area contributed by atoms with Crippen molar-refractivity contribution in [3.63, 3.8) is 0 Å². The van der Waals surface area contributed by atoms with Crippen molar-refractivity contribution in [2.75, 3.05) is 6.54 Å². The molecule has 5 heteroatoms. The Morgan fingerprint density at radius 1 is 1.30 bits per heavy atom. The van der Waals surface area contributed by atoms with Gasteiger partial charge in [-0.05, 0) is 13.0 Å². The summed E-state index contributed by atoms with van der Waals surface area (Å²) in [6, 6.07) is 0. The van der Waals surface area contributed by atoms with Crippen LogP contribution in [0.2, 0.25) is 0 Å². The van der Waals surface area contributed by atoms with E-state index in [0.29, 0.717) is 0 Å². The summed E-state index contributed by atoms with van der Waals surface area (Å²) in [6.07, 6.45) is 1.10. The van der Waals surface area contributed by atoms with Crippen LogP contribution >= 0.6 is 0 Å². The Bertz CT molecular complexity index is 98.2. The number of aliphatic carboxylic acids is 2. The highest BCUT2D eigenvalue weighted by molar-refractivity contribution is 6.27. The summed E-state index contributed by atoms with van der Waals surface area (Å²) in [5.41, 5.74) is 5.03. The van der Waals surface area contributed by atoms with Gasteiger partial charge in [0, 0.05) is 0 Å². The third kappa shape index (κ3) is 15.8. The second-order valence-corrected chi connectivity index (χ2v) is 1.40. The number of hydrogen-bond donors (Lipinski definition) is 3. The Kier molecular flexibility index (Phi) is 9.22. The summed E-state index contributed by atoms with van der Waals surface area (Å²) in [5.74, 6) is -3.65. The van der Waals surface area contributed by atoms with E-state index in [1.807, 2.05) is 0 Å². The molecule has 4 N–H and O–H groups in total. The summed E-state index contributed by atoms with van der Waals surface area (Å²) in [7, 11) is 0. The van der Waals surface area contributed by atoms with Crippen LogP contribution in [0.25, 0.3) is 0 Å². The topological polar surface area (TPSA) is 101 Å². The van der Waals surface area contributed by atoms with Gasteiger partial charge in [-0.25, -0.2) is 9.59 Å². The van der Waals surface area contributed by atoms with Gasteiger partial charge in [0.15, 0.2) is 0 Å². The molecule has 0 aromatic heterocycles. The maximum atomic E-state index is 9.10. The molecular formula is C5H11NO4. The van der Waals surface area contributed by atoms with Gasteiger partial charge in [-0.3, -0.25) is 0 Å². The second kappa shape index (κ2) is 7.90. The van der Waals surface area contributed by atoms with Crippen LogP contribution in [-0.4, -0.2) is 28.7 Å². The molecule has 10 heavy (non-hydrogen) atoms.